The summed E-state index contributed by atoms with van der Waals surface area (Å²) in [4.78, 5) is 14.3. The molecule has 0 aromatic carbocycles. The Labute approximate surface area is 134 Å². The Balaban J connectivity index is 1.45. The number of thioether (sulfide) groups is 1. The van der Waals surface area contributed by atoms with Crippen LogP contribution in [0.3, 0.4) is 0 Å². The molecule has 0 unspecified atom stereocenters. The molecule has 0 spiro atoms. The third kappa shape index (κ3) is 7.05. The average Bonchev–Trinajstić information content (AvgIpc) is 2.50. The molecule has 21 heavy (non-hydrogen) atoms. The molecule has 122 valence electrons. The molecule has 1 amide bonds. The van der Waals surface area contributed by atoms with Crippen molar-refractivity contribution >= 4 is 17.7 Å². The number of carbonyl (C=O) groups excluding carboxylic acids is 1. The minimum atomic E-state index is 0.271. The Bertz CT molecular complexity index is 297. The summed E-state index contributed by atoms with van der Waals surface area (Å²) < 4.78 is 0. The number of rotatable bonds is 7. The zero-order valence-electron chi connectivity index (χ0n) is 13.6. The van der Waals surface area contributed by atoms with Gasteiger partial charge in [-0.3, -0.25) is 4.79 Å². The molecule has 0 radical (unpaired) electrons. The van der Waals surface area contributed by atoms with Crippen LogP contribution in [-0.2, 0) is 4.79 Å². The number of likely N-dealkylation sites (tertiary alicyclic amines) is 1. The van der Waals surface area contributed by atoms with Gasteiger partial charge in [-0.2, -0.15) is 11.8 Å². The van der Waals surface area contributed by atoms with E-state index in [1.165, 1.54) is 50.7 Å². The van der Waals surface area contributed by atoms with Gasteiger partial charge in [0.15, 0.2) is 0 Å². The summed E-state index contributed by atoms with van der Waals surface area (Å²) in [6, 6.07) is 0. The van der Waals surface area contributed by atoms with Gasteiger partial charge in [-0.05, 0) is 63.9 Å². The van der Waals surface area contributed by atoms with E-state index in [1.807, 2.05) is 0 Å². The third-order valence-electron chi connectivity index (χ3n) is 4.86. The van der Waals surface area contributed by atoms with Gasteiger partial charge in [0.25, 0.3) is 0 Å². The van der Waals surface area contributed by atoms with E-state index >= 15 is 0 Å². The predicted octanol–water partition coefficient (Wildman–Crippen LogP) is 3.29. The molecule has 0 bridgehead atoms. The predicted molar refractivity (Wildman–Crippen MR) is 91.8 cm³/mol. The fourth-order valence-electron chi connectivity index (χ4n) is 3.38. The third-order valence-corrected chi connectivity index (χ3v) is 6.33. The molecule has 2 aliphatic rings. The lowest BCUT2D eigenvalue weighted by molar-refractivity contribution is -0.122. The zero-order chi connectivity index (χ0) is 14.9. The van der Waals surface area contributed by atoms with Gasteiger partial charge in [-0.1, -0.05) is 19.3 Å². The number of piperidine rings is 1. The Morgan fingerprint density at radius 1 is 1.14 bits per heavy atom. The van der Waals surface area contributed by atoms with Crippen molar-refractivity contribution in [2.24, 2.45) is 5.92 Å². The maximum absolute atomic E-state index is 11.9. The van der Waals surface area contributed by atoms with Crippen LogP contribution in [-0.4, -0.2) is 48.5 Å². The first-order chi connectivity index (χ1) is 10.2. The Morgan fingerprint density at radius 3 is 2.57 bits per heavy atom. The van der Waals surface area contributed by atoms with Crippen LogP contribution in [0.2, 0.25) is 0 Å². The Morgan fingerprint density at radius 2 is 1.86 bits per heavy atom. The average molecular weight is 313 g/mol. The van der Waals surface area contributed by atoms with E-state index in [0.29, 0.717) is 5.92 Å². The summed E-state index contributed by atoms with van der Waals surface area (Å²) >= 11 is 2.13. The van der Waals surface area contributed by atoms with Gasteiger partial charge in [0.05, 0.1) is 0 Å². The van der Waals surface area contributed by atoms with Gasteiger partial charge in [-0.25, -0.2) is 0 Å². The number of carbonyl (C=O) groups is 1. The van der Waals surface area contributed by atoms with Crippen molar-refractivity contribution in [3.8, 4) is 0 Å². The van der Waals surface area contributed by atoms with Crippen LogP contribution >= 0.6 is 11.8 Å². The van der Waals surface area contributed by atoms with Crippen molar-refractivity contribution in [1.82, 2.24) is 10.2 Å². The molecule has 2 fully saturated rings. The molecular formula is C17H32N2OS. The molecule has 1 heterocycles. The van der Waals surface area contributed by atoms with E-state index in [2.05, 4.69) is 29.0 Å². The van der Waals surface area contributed by atoms with Crippen LogP contribution in [0.5, 0.6) is 0 Å². The fourth-order valence-corrected chi connectivity index (χ4v) is 4.69. The molecule has 0 atom stereocenters. The smallest absolute Gasteiger partial charge is 0.220 e. The second-order valence-corrected chi connectivity index (χ2v) is 8.19. The number of hydrogen-bond donors (Lipinski definition) is 1. The Hall–Kier alpha value is -0.220. The van der Waals surface area contributed by atoms with E-state index in [9.17, 15) is 4.79 Å². The minimum Gasteiger partial charge on any atom is -0.356 e. The summed E-state index contributed by atoms with van der Waals surface area (Å²) in [7, 11) is 2.17. The second-order valence-electron chi connectivity index (χ2n) is 6.79. The van der Waals surface area contributed by atoms with E-state index in [1.54, 1.807) is 0 Å². The first kappa shape index (κ1) is 17.1. The molecule has 1 saturated carbocycles. The highest BCUT2D eigenvalue weighted by Gasteiger charge is 2.19. The van der Waals surface area contributed by atoms with Gasteiger partial charge >= 0.3 is 0 Å². The van der Waals surface area contributed by atoms with Crippen LogP contribution < -0.4 is 5.32 Å². The topological polar surface area (TPSA) is 32.3 Å². The number of amides is 1. The van der Waals surface area contributed by atoms with Crippen molar-refractivity contribution < 1.29 is 4.79 Å². The van der Waals surface area contributed by atoms with Crippen LogP contribution in [0, 0.1) is 5.92 Å². The highest BCUT2D eigenvalue weighted by atomic mass is 32.2. The zero-order valence-corrected chi connectivity index (χ0v) is 14.4. The van der Waals surface area contributed by atoms with Crippen LogP contribution in [0.15, 0.2) is 0 Å². The first-order valence-corrected chi connectivity index (χ1v) is 9.86. The standard InChI is InChI=1S/C17H32N2OS/c1-19-11-8-15(9-12-19)14-17(20)18-10-5-13-21-16-6-3-2-4-7-16/h15-16H,2-14H2,1H3,(H,18,20). The van der Waals surface area contributed by atoms with Gasteiger partial charge in [-0.15, -0.1) is 0 Å². The fraction of sp³-hybridized carbons (Fsp3) is 0.941. The first-order valence-electron chi connectivity index (χ1n) is 8.81. The highest BCUT2D eigenvalue weighted by Crippen LogP contribution is 2.28. The van der Waals surface area contributed by atoms with Crippen LogP contribution in [0.25, 0.3) is 0 Å². The van der Waals surface area contributed by atoms with E-state index in [0.717, 1.165) is 37.7 Å². The van der Waals surface area contributed by atoms with E-state index < -0.39 is 0 Å². The lowest BCUT2D eigenvalue weighted by atomic mass is 9.93. The molecule has 1 aliphatic heterocycles. The van der Waals surface area contributed by atoms with Crippen molar-refractivity contribution in [2.45, 2.75) is 63.0 Å². The largest absolute Gasteiger partial charge is 0.356 e. The summed E-state index contributed by atoms with van der Waals surface area (Å²) in [5.74, 6) is 2.09. The monoisotopic (exact) mass is 312 g/mol. The van der Waals surface area contributed by atoms with Crippen molar-refractivity contribution in [3.05, 3.63) is 0 Å². The van der Waals surface area contributed by atoms with Crippen molar-refractivity contribution in [2.75, 3.05) is 32.4 Å². The molecule has 1 aliphatic carbocycles. The highest BCUT2D eigenvalue weighted by molar-refractivity contribution is 7.99. The van der Waals surface area contributed by atoms with E-state index in [4.69, 9.17) is 0 Å². The molecule has 4 heteroatoms. The lowest BCUT2D eigenvalue weighted by Gasteiger charge is -2.28. The minimum absolute atomic E-state index is 0.271. The summed E-state index contributed by atoms with van der Waals surface area (Å²) in [5, 5.41) is 4.01. The number of nitrogens with zero attached hydrogens (tertiary/aromatic N) is 1. The van der Waals surface area contributed by atoms with Gasteiger partial charge < -0.3 is 10.2 Å². The van der Waals surface area contributed by atoms with Crippen LogP contribution in [0.1, 0.15) is 57.8 Å². The molecular weight excluding hydrogens is 280 g/mol. The molecule has 2 rings (SSSR count). The SMILES string of the molecule is CN1CCC(CC(=O)NCCCSC2CCCCC2)CC1. The quantitative estimate of drug-likeness (QED) is 0.732. The van der Waals surface area contributed by atoms with Crippen molar-refractivity contribution in [1.29, 1.82) is 0 Å². The maximum atomic E-state index is 11.9. The maximum Gasteiger partial charge on any atom is 0.220 e. The van der Waals surface area contributed by atoms with Crippen molar-refractivity contribution in [3.63, 3.8) is 0 Å². The van der Waals surface area contributed by atoms with Gasteiger partial charge in [0.2, 0.25) is 5.91 Å². The number of nitrogens with one attached hydrogen (secondary N) is 1. The van der Waals surface area contributed by atoms with E-state index in [-0.39, 0.29) is 5.91 Å². The van der Waals surface area contributed by atoms with Gasteiger partial charge in [0.1, 0.15) is 0 Å². The van der Waals surface area contributed by atoms with Crippen LogP contribution in [0.4, 0.5) is 0 Å². The normalized spacial score (nSPS) is 22.3. The van der Waals surface area contributed by atoms with Gasteiger partial charge in [0, 0.05) is 18.2 Å². The molecule has 0 aromatic rings. The summed E-state index contributed by atoms with van der Waals surface area (Å²) in [6.07, 6.45) is 11.3. The number of hydrogen-bond acceptors (Lipinski definition) is 3. The second kappa shape index (κ2) is 9.73. The molecule has 0 aromatic heterocycles. The Kier molecular flexibility index (Phi) is 7.94. The molecule has 3 nitrogen and oxygen atoms in total. The molecule has 1 N–H and O–H groups in total. The summed E-state index contributed by atoms with van der Waals surface area (Å²) in [6.45, 7) is 3.16. The summed E-state index contributed by atoms with van der Waals surface area (Å²) in [5.41, 5.74) is 0. The molecule has 1 saturated heterocycles. The lowest BCUT2D eigenvalue weighted by Crippen LogP contribution is -2.33.